The van der Waals surface area contributed by atoms with Crippen LogP contribution in [0.2, 0.25) is 0 Å². The van der Waals surface area contributed by atoms with Crippen LogP contribution in [0.4, 0.5) is 10.5 Å². The second-order valence-corrected chi connectivity index (χ2v) is 6.96. The second-order valence-electron chi connectivity index (χ2n) is 6.96. The van der Waals surface area contributed by atoms with E-state index in [2.05, 4.69) is 10.6 Å². The minimum atomic E-state index is -0.598. The number of benzene rings is 2. The predicted octanol–water partition coefficient (Wildman–Crippen LogP) is 3.44. The lowest BCUT2D eigenvalue weighted by atomic mass is 10.0. The van der Waals surface area contributed by atoms with Gasteiger partial charge in [0.05, 0.1) is 7.11 Å². The first-order valence-electron chi connectivity index (χ1n) is 9.70. The fourth-order valence-electron chi connectivity index (χ4n) is 3.38. The molecule has 1 aliphatic rings. The van der Waals surface area contributed by atoms with Crippen molar-refractivity contribution in [1.82, 2.24) is 10.2 Å². The molecule has 6 heteroatoms. The largest absolute Gasteiger partial charge is 0.497 e. The normalized spacial score (nSPS) is 14.8. The number of piperidine rings is 1. The summed E-state index contributed by atoms with van der Waals surface area (Å²) in [7, 11) is 1.59. The van der Waals surface area contributed by atoms with Gasteiger partial charge in [0.15, 0.2) is 0 Å². The average Bonchev–Trinajstić information content (AvgIpc) is 2.74. The smallest absolute Gasteiger partial charge is 0.319 e. The molecule has 1 fully saturated rings. The Hall–Kier alpha value is -3.02. The second kappa shape index (κ2) is 9.78. The number of amides is 3. The molecule has 3 amide bonds. The van der Waals surface area contributed by atoms with Crippen LogP contribution >= 0.6 is 0 Å². The van der Waals surface area contributed by atoms with Crippen molar-refractivity contribution in [3.63, 3.8) is 0 Å². The number of anilines is 1. The Morgan fingerprint density at radius 3 is 2.32 bits per heavy atom. The Morgan fingerprint density at radius 1 is 1.00 bits per heavy atom. The number of carbonyl (C=O) groups is 2. The molecular weight excluding hydrogens is 354 g/mol. The van der Waals surface area contributed by atoms with Crippen LogP contribution in [0.15, 0.2) is 54.6 Å². The van der Waals surface area contributed by atoms with Crippen molar-refractivity contribution in [3.05, 3.63) is 60.2 Å². The molecule has 148 valence electrons. The molecule has 1 saturated heterocycles. The summed E-state index contributed by atoms with van der Waals surface area (Å²) in [5.74, 6) is 0.696. The van der Waals surface area contributed by atoms with Gasteiger partial charge in [-0.2, -0.15) is 0 Å². The first kappa shape index (κ1) is 19.7. The standard InChI is InChI=1S/C22H27N3O3/c1-28-19-12-10-18(11-13-19)23-22(27)24-20(16-17-8-4-2-5-9-17)21(26)25-14-6-3-7-15-25/h2,4-5,8-13,20H,3,6-7,14-16H2,1H3,(H2,23,24,27). The topological polar surface area (TPSA) is 70.7 Å². The number of methoxy groups -OCH3 is 1. The highest BCUT2D eigenvalue weighted by atomic mass is 16.5. The number of ether oxygens (including phenoxy) is 1. The molecular formula is C22H27N3O3. The van der Waals surface area contributed by atoms with Gasteiger partial charge in [-0.3, -0.25) is 4.79 Å². The fourth-order valence-corrected chi connectivity index (χ4v) is 3.38. The van der Waals surface area contributed by atoms with Crippen LogP contribution in [0, 0.1) is 0 Å². The van der Waals surface area contributed by atoms with Gasteiger partial charge in [0.25, 0.3) is 0 Å². The van der Waals surface area contributed by atoms with E-state index in [1.165, 1.54) is 0 Å². The Labute approximate surface area is 165 Å². The molecule has 0 aromatic heterocycles. The number of nitrogens with zero attached hydrogens (tertiary/aromatic N) is 1. The number of nitrogens with one attached hydrogen (secondary N) is 2. The van der Waals surface area contributed by atoms with Gasteiger partial charge < -0.3 is 20.3 Å². The van der Waals surface area contributed by atoms with E-state index >= 15 is 0 Å². The molecule has 28 heavy (non-hydrogen) atoms. The lowest BCUT2D eigenvalue weighted by Gasteiger charge is -2.31. The molecule has 1 aliphatic heterocycles. The summed E-state index contributed by atoms with van der Waals surface area (Å²) < 4.78 is 5.13. The first-order chi connectivity index (χ1) is 13.7. The maximum Gasteiger partial charge on any atom is 0.319 e. The van der Waals surface area contributed by atoms with Crippen molar-refractivity contribution in [2.45, 2.75) is 31.7 Å². The van der Waals surface area contributed by atoms with E-state index in [1.54, 1.807) is 31.4 Å². The molecule has 6 nitrogen and oxygen atoms in total. The zero-order valence-corrected chi connectivity index (χ0v) is 16.2. The highest BCUT2D eigenvalue weighted by Crippen LogP contribution is 2.16. The summed E-state index contributed by atoms with van der Waals surface area (Å²) in [6.45, 7) is 1.51. The monoisotopic (exact) mass is 381 g/mol. The molecule has 3 rings (SSSR count). The molecule has 2 N–H and O–H groups in total. The van der Waals surface area contributed by atoms with Crippen molar-refractivity contribution in [1.29, 1.82) is 0 Å². The van der Waals surface area contributed by atoms with E-state index in [-0.39, 0.29) is 5.91 Å². The number of carbonyl (C=O) groups excluding carboxylic acids is 2. The van der Waals surface area contributed by atoms with Crippen LogP contribution in [-0.2, 0) is 11.2 Å². The average molecular weight is 381 g/mol. The molecule has 2 aromatic rings. The van der Waals surface area contributed by atoms with Crippen LogP contribution in [0.3, 0.4) is 0 Å². The van der Waals surface area contributed by atoms with Crippen molar-refractivity contribution in [2.24, 2.45) is 0 Å². The van der Waals surface area contributed by atoms with Crippen LogP contribution in [0.5, 0.6) is 5.75 Å². The van der Waals surface area contributed by atoms with Gasteiger partial charge in [0.2, 0.25) is 5.91 Å². The molecule has 1 atom stereocenters. The minimum absolute atomic E-state index is 0.0200. The number of hydrogen-bond donors (Lipinski definition) is 2. The lowest BCUT2D eigenvalue weighted by molar-refractivity contribution is -0.134. The highest BCUT2D eigenvalue weighted by molar-refractivity contribution is 5.94. The minimum Gasteiger partial charge on any atom is -0.497 e. The van der Waals surface area contributed by atoms with E-state index in [9.17, 15) is 9.59 Å². The Morgan fingerprint density at radius 2 is 1.68 bits per heavy atom. The van der Waals surface area contributed by atoms with Gasteiger partial charge in [-0.1, -0.05) is 30.3 Å². The maximum absolute atomic E-state index is 13.0. The zero-order valence-electron chi connectivity index (χ0n) is 16.2. The summed E-state index contributed by atoms with van der Waals surface area (Å²) in [5.41, 5.74) is 1.66. The maximum atomic E-state index is 13.0. The predicted molar refractivity (Wildman–Crippen MR) is 110 cm³/mol. The van der Waals surface area contributed by atoms with Crippen molar-refractivity contribution in [2.75, 3.05) is 25.5 Å². The van der Waals surface area contributed by atoms with Gasteiger partial charge in [-0.25, -0.2) is 4.79 Å². The molecule has 0 radical (unpaired) electrons. The first-order valence-corrected chi connectivity index (χ1v) is 9.70. The van der Waals surface area contributed by atoms with Gasteiger partial charge in [0.1, 0.15) is 11.8 Å². The van der Waals surface area contributed by atoms with Gasteiger partial charge in [-0.05, 0) is 49.1 Å². The van der Waals surface area contributed by atoms with Crippen LogP contribution in [-0.4, -0.2) is 43.1 Å². The van der Waals surface area contributed by atoms with E-state index in [0.29, 0.717) is 17.9 Å². The molecule has 0 bridgehead atoms. The van der Waals surface area contributed by atoms with Crippen LogP contribution in [0.25, 0.3) is 0 Å². The zero-order chi connectivity index (χ0) is 19.8. The molecule has 2 aromatic carbocycles. The van der Waals surface area contributed by atoms with E-state index < -0.39 is 12.1 Å². The molecule has 1 unspecified atom stereocenters. The Bertz CT molecular complexity index is 771. The van der Waals surface area contributed by atoms with Gasteiger partial charge in [0, 0.05) is 25.2 Å². The fraction of sp³-hybridized carbons (Fsp3) is 0.364. The molecule has 1 heterocycles. The Balaban J connectivity index is 1.67. The number of likely N-dealkylation sites (tertiary alicyclic amines) is 1. The molecule has 0 spiro atoms. The lowest BCUT2D eigenvalue weighted by Crippen LogP contribution is -2.52. The molecule has 0 saturated carbocycles. The Kier molecular flexibility index (Phi) is 6.89. The third kappa shape index (κ3) is 5.49. The van der Waals surface area contributed by atoms with Crippen LogP contribution in [0.1, 0.15) is 24.8 Å². The molecule has 0 aliphatic carbocycles. The third-order valence-electron chi connectivity index (χ3n) is 4.90. The van der Waals surface area contributed by atoms with Gasteiger partial charge >= 0.3 is 6.03 Å². The summed E-state index contributed by atoms with van der Waals surface area (Å²) in [6.07, 6.45) is 3.65. The van der Waals surface area contributed by atoms with Crippen molar-refractivity contribution >= 4 is 17.6 Å². The van der Waals surface area contributed by atoms with E-state index in [1.807, 2.05) is 35.2 Å². The summed E-state index contributed by atoms with van der Waals surface area (Å²) in [6, 6.07) is 15.8. The quantitative estimate of drug-likeness (QED) is 0.805. The van der Waals surface area contributed by atoms with Crippen LogP contribution < -0.4 is 15.4 Å². The number of hydrogen-bond acceptors (Lipinski definition) is 3. The number of urea groups is 1. The van der Waals surface area contributed by atoms with E-state index in [0.717, 1.165) is 37.9 Å². The van der Waals surface area contributed by atoms with E-state index in [4.69, 9.17) is 4.74 Å². The summed E-state index contributed by atoms with van der Waals surface area (Å²) in [5, 5.41) is 5.66. The third-order valence-corrected chi connectivity index (χ3v) is 4.90. The summed E-state index contributed by atoms with van der Waals surface area (Å²) in [4.78, 5) is 27.4. The SMILES string of the molecule is COc1ccc(NC(=O)NC(Cc2ccccc2)C(=O)N2CCCCC2)cc1. The van der Waals surface area contributed by atoms with Crippen molar-refractivity contribution < 1.29 is 14.3 Å². The summed E-state index contributed by atoms with van der Waals surface area (Å²) >= 11 is 0. The van der Waals surface area contributed by atoms with Gasteiger partial charge in [-0.15, -0.1) is 0 Å². The van der Waals surface area contributed by atoms with Crippen molar-refractivity contribution in [3.8, 4) is 5.75 Å². The highest BCUT2D eigenvalue weighted by Gasteiger charge is 2.27. The number of rotatable bonds is 6.